The zero-order valence-corrected chi connectivity index (χ0v) is 6.02. The molecule has 5 aliphatic rings. The first-order chi connectivity index (χ1) is 4.33. The highest BCUT2D eigenvalue weighted by molar-refractivity contribution is 5.61. The Morgan fingerprint density at radius 2 is 1.89 bits per heavy atom. The molecule has 0 N–H and O–H groups in total. The lowest BCUT2D eigenvalue weighted by molar-refractivity contribution is 0.0979. The van der Waals surface area contributed by atoms with E-state index < -0.39 is 0 Å². The molecule has 0 radical (unpaired) electrons. The lowest BCUT2D eigenvalue weighted by atomic mass is 9.67. The molecule has 0 amide bonds. The standard InChI is InChI=1S/C9H12/c1-3-8-5-4(2)9(5)6(8)7(8)9/h4-7H,3H2,1-2H3. The maximum absolute atomic E-state index is 2.47. The van der Waals surface area contributed by atoms with Crippen molar-refractivity contribution in [3.05, 3.63) is 0 Å². The number of hydrogen-bond acceptors (Lipinski definition) is 0. The molecule has 0 nitrogen and oxygen atoms in total. The van der Waals surface area contributed by atoms with Gasteiger partial charge in [-0.05, 0) is 40.9 Å². The third-order valence-electron chi connectivity index (χ3n) is 5.26. The van der Waals surface area contributed by atoms with Crippen LogP contribution in [-0.2, 0) is 0 Å². The van der Waals surface area contributed by atoms with Gasteiger partial charge in [0.25, 0.3) is 0 Å². The SMILES string of the molecule is CCC12C3C(C)C34C1C24. The monoisotopic (exact) mass is 120 g/mol. The minimum Gasteiger partial charge on any atom is -0.0648 e. The van der Waals surface area contributed by atoms with E-state index in [4.69, 9.17) is 0 Å². The minimum atomic E-state index is 0.986. The van der Waals surface area contributed by atoms with Gasteiger partial charge in [-0.3, -0.25) is 0 Å². The molecule has 2 bridgehead atoms. The first-order valence-corrected chi connectivity index (χ1v) is 4.33. The van der Waals surface area contributed by atoms with E-state index >= 15 is 0 Å². The summed E-state index contributed by atoms with van der Waals surface area (Å²) in [5.74, 6) is 4.95. The molecule has 0 aromatic carbocycles. The molecule has 5 aliphatic carbocycles. The Hall–Kier alpha value is 0. The predicted molar refractivity (Wildman–Crippen MR) is 34.8 cm³/mol. The number of hydrogen-bond donors (Lipinski definition) is 0. The Labute approximate surface area is 55.6 Å². The van der Waals surface area contributed by atoms with E-state index in [-0.39, 0.29) is 0 Å². The second kappa shape index (κ2) is 0.627. The highest BCUT2D eigenvalue weighted by Gasteiger charge is 3.15. The van der Waals surface area contributed by atoms with Crippen molar-refractivity contribution in [2.75, 3.05) is 0 Å². The van der Waals surface area contributed by atoms with E-state index in [1.54, 1.807) is 0 Å². The maximum atomic E-state index is 2.47. The van der Waals surface area contributed by atoms with Crippen molar-refractivity contribution in [1.29, 1.82) is 0 Å². The van der Waals surface area contributed by atoms with Crippen LogP contribution in [0.15, 0.2) is 0 Å². The van der Waals surface area contributed by atoms with Crippen LogP contribution in [-0.4, -0.2) is 0 Å². The van der Waals surface area contributed by atoms with Crippen LogP contribution in [0.3, 0.4) is 0 Å². The highest BCUT2D eigenvalue weighted by atomic mass is 15.2. The Bertz CT molecular complexity index is 218. The van der Waals surface area contributed by atoms with Gasteiger partial charge in [0.15, 0.2) is 0 Å². The molecule has 0 heterocycles. The van der Waals surface area contributed by atoms with Gasteiger partial charge in [0, 0.05) is 0 Å². The number of rotatable bonds is 1. The van der Waals surface area contributed by atoms with E-state index in [2.05, 4.69) is 13.8 Å². The van der Waals surface area contributed by atoms with Gasteiger partial charge in [-0.2, -0.15) is 0 Å². The zero-order chi connectivity index (χ0) is 6.02. The van der Waals surface area contributed by atoms with E-state index in [9.17, 15) is 0 Å². The average Bonchev–Trinajstić information content (AvgIpc) is 2.57. The highest BCUT2D eigenvalue weighted by Crippen LogP contribution is 3.18. The van der Waals surface area contributed by atoms with E-state index in [0.717, 1.165) is 16.7 Å². The van der Waals surface area contributed by atoms with Gasteiger partial charge in [0.2, 0.25) is 0 Å². The van der Waals surface area contributed by atoms with Crippen LogP contribution in [0, 0.1) is 34.5 Å². The molecule has 4 atom stereocenters. The molecule has 0 aromatic heterocycles. The van der Waals surface area contributed by atoms with Crippen LogP contribution in [0.2, 0.25) is 0 Å². The summed E-state index contributed by atoms with van der Waals surface area (Å²) in [5, 5.41) is 0. The molecule has 48 valence electrons. The van der Waals surface area contributed by atoms with Crippen LogP contribution < -0.4 is 0 Å². The molecule has 1 spiro atoms. The van der Waals surface area contributed by atoms with Crippen LogP contribution in [0.5, 0.6) is 0 Å². The fourth-order valence-corrected chi connectivity index (χ4v) is 5.07. The van der Waals surface area contributed by atoms with E-state index in [1.165, 1.54) is 24.2 Å². The van der Waals surface area contributed by atoms with Gasteiger partial charge >= 0.3 is 0 Å². The first-order valence-electron chi connectivity index (χ1n) is 4.33. The van der Waals surface area contributed by atoms with Crippen molar-refractivity contribution in [1.82, 2.24) is 0 Å². The topological polar surface area (TPSA) is 0 Å². The van der Waals surface area contributed by atoms with Crippen molar-refractivity contribution in [3.63, 3.8) is 0 Å². The average molecular weight is 120 g/mol. The Morgan fingerprint density at radius 1 is 1.22 bits per heavy atom. The van der Waals surface area contributed by atoms with E-state index in [1.807, 2.05) is 0 Å². The lowest BCUT2D eigenvalue weighted by Gasteiger charge is -2.37. The fourth-order valence-electron chi connectivity index (χ4n) is 5.07. The van der Waals surface area contributed by atoms with Crippen LogP contribution in [0.4, 0.5) is 0 Å². The van der Waals surface area contributed by atoms with Crippen LogP contribution in [0.25, 0.3) is 0 Å². The summed E-state index contributed by atoms with van der Waals surface area (Å²) in [4.78, 5) is 0. The molecule has 0 aromatic rings. The molecule has 5 fully saturated rings. The predicted octanol–water partition coefficient (Wildman–Crippen LogP) is 1.91. The Morgan fingerprint density at radius 3 is 2.11 bits per heavy atom. The summed E-state index contributed by atoms with van der Waals surface area (Å²) in [5.41, 5.74) is 2.02. The second-order valence-corrected chi connectivity index (χ2v) is 4.69. The minimum absolute atomic E-state index is 0.986. The van der Waals surface area contributed by atoms with Crippen molar-refractivity contribution in [2.45, 2.75) is 20.3 Å². The molecular formula is C9H12. The largest absolute Gasteiger partial charge is 0.0648 e. The van der Waals surface area contributed by atoms with Crippen LogP contribution >= 0.6 is 0 Å². The van der Waals surface area contributed by atoms with Gasteiger partial charge in [-0.1, -0.05) is 13.8 Å². The van der Waals surface area contributed by atoms with Crippen molar-refractivity contribution < 1.29 is 0 Å². The van der Waals surface area contributed by atoms with Crippen molar-refractivity contribution >= 4 is 0 Å². The lowest BCUT2D eigenvalue weighted by Crippen LogP contribution is -2.33. The summed E-state index contributed by atoms with van der Waals surface area (Å²) in [6.07, 6.45) is 1.50. The van der Waals surface area contributed by atoms with E-state index in [0.29, 0.717) is 0 Å². The molecular weight excluding hydrogens is 108 g/mol. The summed E-state index contributed by atoms with van der Waals surface area (Å²) in [7, 11) is 0. The molecule has 0 heteroatoms. The van der Waals surface area contributed by atoms with Crippen molar-refractivity contribution in [3.8, 4) is 0 Å². The quantitative estimate of drug-likeness (QED) is 0.496. The molecule has 5 saturated carbocycles. The molecule has 9 heavy (non-hydrogen) atoms. The summed E-state index contributed by atoms with van der Waals surface area (Å²) in [6.45, 7) is 4.86. The first kappa shape index (κ1) is 4.00. The Balaban J connectivity index is 1.88. The normalized spacial score (nSPS) is 92.7. The smallest absolute Gasteiger partial charge is 0.0159 e. The zero-order valence-electron chi connectivity index (χ0n) is 6.02. The molecule has 0 aliphatic heterocycles. The van der Waals surface area contributed by atoms with Crippen LogP contribution in [0.1, 0.15) is 20.3 Å². The molecule has 0 saturated heterocycles. The third-order valence-corrected chi connectivity index (χ3v) is 5.26. The van der Waals surface area contributed by atoms with Gasteiger partial charge in [-0.25, -0.2) is 0 Å². The summed E-state index contributed by atoms with van der Waals surface area (Å²) < 4.78 is 0. The summed E-state index contributed by atoms with van der Waals surface area (Å²) in [6, 6.07) is 0. The maximum Gasteiger partial charge on any atom is -0.0159 e. The molecule has 4 unspecified atom stereocenters. The van der Waals surface area contributed by atoms with Gasteiger partial charge in [-0.15, -0.1) is 0 Å². The van der Waals surface area contributed by atoms with Gasteiger partial charge in [0.05, 0.1) is 0 Å². The Kier molecular flexibility index (Phi) is 0.279. The van der Waals surface area contributed by atoms with Gasteiger partial charge in [0.1, 0.15) is 0 Å². The second-order valence-electron chi connectivity index (χ2n) is 4.69. The fraction of sp³-hybridized carbons (Fsp3) is 1.00. The third kappa shape index (κ3) is 0.130. The van der Waals surface area contributed by atoms with Gasteiger partial charge < -0.3 is 0 Å². The molecule has 5 rings (SSSR count). The van der Waals surface area contributed by atoms with Crippen molar-refractivity contribution in [2.24, 2.45) is 34.5 Å². The summed E-state index contributed by atoms with van der Waals surface area (Å²) >= 11 is 0.